The molecule has 0 aliphatic heterocycles. The number of benzene rings is 4. The van der Waals surface area contributed by atoms with Crippen molar-refractivity contribution in [3.8, 4) is 0 Å². The van der Waals surface area contributed by atoms with Crippen molar-refractivity contribution in [2.75, 3.05) is 11.1 Å². The largest absolute Gasteiger partial charge is 0.321 e. The minimum atomic E-state index is -0.441. The Hall–Kier alpha value is -3.94. The molecule has 0 unspecified atom stereocenters. The Labute approximate surface area is 234 Å². The third-order valence-corrected chi connectivity index (χ3v) is 7.21. The summed E-state index contributed by atoms with van der Waals surface area (Å²) in [6.45, 7) is 1.94. The molecule has 190 valence electrons. The van der Waals surface area contributed by atoms with Crippen LogP contribution in [0.3, 0.4) is 0 Å². The molecular weight excluding hydrogens is 560 g/mol. The SMILES string of the molecule is Cc1ccccc1/C=C(\NC(=O)c1ccccc1)C(=O)Nc1ccc(SCC(=O)c2ccc(Br)cc2)cc1. The zero-order chi connectivity index (χ0) is 26.9. The van der Waals surface area contributed by atoms with Crippen molar-refractivity contribution in [2.24, 2.45) is 0 Å². The molecule has 0 saturated carbocycles. The van der Waals surface area contributed by atoms with E-state index in [-0.39, 0.29) is 17.4 Å². The highest BCUT2D eigenvalue weighted by molar-refractivity contribution is 9.10. The Morgan fingerprint density at radius 1 is 0.789 bits per heavy atom. The van der Waals surface area contributed by atoms with Crippen LogP contribution in [-0.2, 0) is 4.79 Å². The van der Waals surface area contributed by atoms with Crippen molar-refractivity contribution in [2.45, 2.75) is 11.8 Å². The monoisotopic (exact) mass is 584 g/mol. The quantitative estimate of drug-likeness (QED) is 0.124. The summed E-state index contributed by atoms with van der Waals surface area (Å²) in [6.07, 6.45) is 1.67. The highest BCUT2D eigenvalue weighted by Gasteiger charge is 2.16. The van der Waals surface area contributed by atoms with Crippen LogP contribution in [0, 0.1) is 6.92 Å². The fourth-order valence-electron chi connectivity index (χ4n) is 3.55. The van der Waals surface area contributed by atoms with E-state index >= 15 is 0 Å². The minimum absolute atomic E-state index is 0.0417. The van der Waals surface area contributed by atoms with Gasteiger partial charge >= 0.3 is 0 Å². The molecule has 0 fully saturated rings. The van der Waals surface area contributed by atoms with Crippen LogP contribution in [0.1, 0.15) is 31.8 Å². The lowest BCUT2D eigenvalue weighted by Crippen LogP contribution is -2.30. The normalized spacial score (nSPS) is 11.1. The van der Waals surface area contributed by atoms with Gasteiger partial charge in [0.1, 0.15) is 5.70 Å². The molecule has 4 aromatic rings. The minimum Gasteiger partial charge on any atom is -0.321 e. The lowest BCUT2D eigenvalue weighted by atomic mass is 10.1. The molecule has 0 saturated heterocycles. The first kappa shape index (κ1) is 27.1. The topological polar surface area (TPSA) is 75.3 Å². The summed E-state index contributed by atoms with van der Waals surface area (Å²) < 4.78 is 0.927. The maximum Gasteiger partial charge on any atom is 0.272 e. The van der Waals surface area contributed by atoms with E-state index in [1.54, 1.807) is 54.6 Å². The maximum atomic E-state index is 13.2. The Bertz CT molecular complexity index is 1470. The number of amides is 2. The molecule has 0 atom stereocenters. The van der Waals surface area contributed by atoms with E-state index in [2.05, 4.69) is 26.6 Å². The van der Waals surface area contributed by atoms with Crippen molar-refractivity contribution < 1.29 is 14.4 Å². The van der Waals surface area contributed by atoms with Gasteiger partial charge in [0, 0.05) is 26.2 Å². The molecule has 0 aliphatic rings. The van der Waals surface area contributed by atoms with Gasteiger partial charge in [0.2, 0.25) is 0 Å². The van der Waals surface area contributed by atoms with Gasteiger partial charge in [-0.15, -0.1) is 11.8 Å². The second-order valence-electron chi connectivity index (χ2n) is 8.43. The van der Waals surface area contributed by atoms with Gasteiger partial charge in [0.15, 0.2) is 5.78 Å². The first-order valence-corrected chi connectivity index (χ1v) is 13.6. The number of anilines is 1. The van der Waals surface area contributed by atoms with E-state index in [1.807, 2.05) is 61.5 Å². The van der Waals surface area contributed by atoms with E-state index in [1.165, 1.54) is 11.8 Å². The molecule has 2 amide bonds. The predicted molar refractivity (Wildman–Crippen MR) is 157 cm³/mol. The number of thioether (sulfide) groups is 1. The maximum absolute atomic E-state index is 13.2. The average molecular weight is 586 g/mol. The van der Waals surface area contributed by atoms with Crippen LogP contribution in [0.25, 0.3) is 6.08 Å². The van der Waals surface area contributed by atoms with Crippen LogP contribution < -0.4 is 10.6 Å². The zero-order valence-corrected chi connectivity index (χ0v) is 23.0. The third-order valence-electron chi connectivity index (χ3n) is 5.67. The molecule has 2 N–H and O–H groups in total. The van der Waals surface area contributed by atoms with Crippen molar-refractivity contribution in [1.29, 1.82) is 0 Å². The van der Waals surface area contributed by atoms with E-state index < -0.39 is 5.91 Å². The van der Waals surface area contributed by atoms with Crippen molar-refractivity contribution in [3.63, 3.8) is 0 Å². The second-order valence-corrected chi connectivity index (χ2v) is 10.4. The molecule has 4 rings (SSSR count). The van der Waals surface area contributed by atoms with Crippen molar-refractivity contribution in [3.05, 3.63) is 136 Å². The number of carbonyl (C=O) groups is 3. The van der Waals surface area contributed by atoms with Gasteiger partial charge in [0.25, 0.3) is 11.8 Å². The Kier molecular flexibility index (Phi) is 9.30. The number of nitrogens with one attached hydrogen (secondary N) is 2. The number of ketones is 1. The third kappa shape index (κ3) is 7.54. The van der Waals surface area contributed by atoms with Crippen LogP contribution in [0.5, 0.6) is 0 Å². The summed E-state index contributed by atoms with van der Waals surface area (Å²) in [5.41, 5.74) is 3.62. The summed E-state index contributed by atoms with van der Waals surface area (Å²) >= 11 is 4.80. The summed E-state index contributed by atoms with van der Waals surface area (Å²) in [5, 5.41) is 5.62. The van der Waals surface area contributed by atoms with Gasteiger partial charge in [-0.3, -0.25) is 14.4 Å². The van der Waals surface area contributed by atoms with Crippen LogP contribution in [0.15, 0.2) is 118 Å². The number of rotatable bonds is 9. The predicted octanol–water partition coefficient (Wildman–Crippen LogP) is 7.14. The van der Waals surface area contributed by atoms with Crippen molar-refractivity contribution in [1.82, 2.24) is 5.32 Å². The highest BCUT2D eigenvalue weighted by Crippen LogP contribution is 2.22. The smallest absolute Gasteiger partial charge is 0.272 e. The standard InChI is InChI=1S/C31H25BrN2O3S/c1-21-7-5-6-10-24(21)19-28(34-30(36)23-8-3-2-4-9-23)31(37)33-26-15-17-27(18-16-26)38-20-29(35)22-11-13-25(32)14-12-22/h2-19H,20H2,1H3,(H,33,37)(H,34,36)/b28-19-. The molecule has 0 aliphatic carbocycles. The molecule has 4 aromatic carbocycles. The highest BCUT2D eigenvalue weighted by atomic mass is 79.9. The van der Waals surface area contributed by atoms with E-state index in [4.69, 9.17) is 0 Å². The Morgan fingerprint density at radius 3 is 2.13 bits per heavy atom. The van der Waals surface area contributed by atoms with E-state index in [0.717, 1.165) is 20.5 Å². The van der Waals surface area contributed by atoms with Crippen LogP contribution in [0.4, 0.5) is 5.69 Å². The van der Waals surface area contributed by atoms with Crippen LogP contribution in [-0.4, -0.2) is 23.4 Å². The number of hydrogen-bond donors (Lipinski definition) is 2. The summed E-state index contributed by atoms with van der Waals surface area (Å²) in [6, 6.07) is 30.9. The Balaban J connectivity index is 1.44. The fraction of sp³-hybridized carbons (Fsp3) is 0.0645. The molecule has 5 nitrogen and oxygen atoms in total. The lowest BCUT2D eigenvalue weighted by molar-refractivity contribution is -0.113. The van der Waals surface area contributed by atoms with Gasteiger partial charge in [0.05, 0.1) is 5.75 Å². The van der Waals surface area contributed by atoms with E-state index in [9.17, 15) is 14.4 Å². The van der Waals surface area contributed by atoms with Crippen molar-refractivity contribution >= 4 is 57.1 Å². The molecular formula is C31H25BrN2O3S. The number of carbonyl (C=O) groups excluding carboxylic acids is 3. The first-order chi connectivity index (χ1) is 18.4. The molecule has 0 radical (unpaired) electrons. The molecule has 0 heterocycles. The Morgan fingerprint density at radius 2 is 1.45 bits per heavy atom. The number of hydrogen-bond acceptors (Lipinski definition) is 4. The number of aryl methyl sites for hydroxylation is 1. The first-order valence-electron chi connectivity index (χ1n) is 11.9. The number of Topliss-reactive ketones (excluding diaryl/α,β-unsaturated/α-hetero) is 1. The van der Waals surface area contributed by atoms with E-state index in [0.29, 0.717) is 22.6 Å². The zero-order valence-electron chi connectivity index (χ0n) is 20.6. The molecule has 0 bridgehead atoms. The lowest BCUT2D eigenvalue weighted by Gasteiger charge is -2.12. The van der Waals surface area contributed by atoms with Gasteiger partial charge in [-0.05, 0) is 72.7 Å². The fourth-order valence-corrected chi connectivity index (χ4v) is 4.60. The molecule has 0 spiro atoms. The van der Waals surface area contributed by atoms with Gasteiger partial charge < -0.3 is 10.6 Å². The van der Waals surface area contributed by atoms with Crippen LogP contribution in [0.2, 0.25) is 0 Å². The number of halogens is 1. The van der Waals surface area contributed by atoms with Gasteiger partial charge in [-0.25, -0.2) is 0 Å². The summed E-state index contributed by atoms with van der Waals surface area (Å²) in [4.78, 5) is 39.4. The van der Waals surface area contributed by atoms with Crippen LogP contribution >= 0.6 is 27.7 Å². The summed E-state index contributed by atoms with van der Waals surface area (Å²) in [7, 11) is 0. The molecule has 38 heavy (non-hydrogen) atoms. The van der Waals surface area contributed by atoms with Gasteiger partial charge in [-0.2, -0.15) is 0 Å². The molecule has 0 aromatic heterocycles. The molecule has 7 heteroatoms. The average Bonchev–Trinajstić information content (AvgIpc) is 2.94. The van der Waals surface area contributed by atoms with Gasteiger partial charge in [-0.1, -0.05) is 70.5 Å². The summed E-state index contributed by atoms with van der Waals surface area (Å²) in [5.74, 6) is -0.464. The second kappa shape index (κ2) is 13.0.